The number of aliphatic hydroxyl groups is 1. The van der Waals surface area contributed by atoms with Crippen LogP contribution in [0, 0.1) is 19.8 Å². The quantitative estimate of drug-likeness (QED) is 0.174. The highest BCUT2D eigenvalue weighted by Gasteiger charge is 2.34. The molecule has 1 aromatic carbocycles. The van der Waals surface area contributed by atoms with Gasteiger partial charge in [0.2, 0.25) is 23.6 Å². The fourth-order valence-corrected chi connectivity index (χ4v) is 6.73. The molecule has 0 saturated carbocycles. The van der Waals surface area contributed by atoms with Crippen molar-refractivity contribution in [1.82, 2.24) is 41.5 Å². The summed E-state index contributed by atoms with van der Waals surface area (Å²) in [5.74, 6) is -5.08. The number of aliphatic hydroxyl groups excluding tert-OH is 1. The van der Waals surface area contributed by atoms with E-state index in [-0.39, 0.29) is 30.2 Å². The van der Waals surface area contributed by atoms with Crippen LogP contribution in [0.4, 0.5) is 0 Å². The number of amides is 5. The molecule has 0 aliphatic carbocycles. The largest absolute Gasteiger partial charge is 0.480 e. The van der Waals surface area contributed by atoms with Gasteiger partial charge < -0.3 is 41.8 Å². The van der Waals surface area contributed by atoms with E-state index in [0.29, 0.717) is 33.0 Å². The Morgan fingerprint density at radius 3 is 2.31 bits per heavy atom. The number of aryl methyl sites for hydroxylation is 2. The minimum absolute atomic E-state index is 0.0348. The number of aliphatic carboxylic acids is 1. The van der Waals surface area contributed by atoms with Gasteiger partial charge >= 0.3 is 5.97 Å². The lowest BCUT2D eigenvalue weighted by atomic mass is 10.0. The van der Waals surface area contributed by atoms with E-state index in [2.05, 4.69) is 41.5 Å². The molecule has 17 heteroatoms. The highest BCUT2D eigenvalue weighted by molar-refractivity contribution is 7.99. The Morgan fingerprint density at radius 2 is 1.67 bits per heavy atom. The molecule has 0 radical (unpaired) electrons. The average Bonchev–Trinajstić information content (AvgIpc) is 3.39. The second-order valence-electron chi connectivity index (χ2n) is 13.0. The number of nitrogens with zero attached hydrogens (tertiary/aromatic N) is 2. The monoisotopic (exact) mass is 724 g/mol. The first kappa shape index (κ1) is 38.8. The highest BCUT2D eigenvalue weighted by Crippen LogP contribution is 2.31. The standard InChI is InChI=1S/C34H44N8O8S/c1-15(2)11-23-29(45)36-17(4)28(44)42-27(18(5)43)32(48)40-26(34(49)50)14-51-33-21(20-9-7-8-10-22(20)41-33)13-25(31(47)38-23)39-30(46)24-12-16(3)35-19(6)37-24/h7-10,12,15,17-18,23,25-27,41,43H,11,13-14H2,1-6H3,(H,36,45)(H,38,47)(H,39,46)(H,40,48)(H,42,44)(H,49,50)/t17-,18-,23+,25+,26+,27+/m1/s1. The Bertz CT molecular complexity index is 1790. The minimum Gasteiger partial charge on any atom is -0.480 e. The smallest absolute Gasteiger partial charge is 0.327 e. The molecule has 4 rings (SSSR count). The Kier molecular flexibility index (Phi) is 12.8. The van der Waals surface area contributed by atoms with Crippen molar-refractivity contribution in [1.29, 1.82) is 0 Å². The van der Waals surface area contributed by atoms with Crippen molar-refractivity contribution >= 4 is 58.2 Å². The third-order valence-corrected chi connectivity index (χ3v) is 9.30. The lowest BCUT2D eigenvalue weighted by Gasteiger charge is -2.27. The number of rotatable bonds is 6. The summed E-state index contributed by atoms with van der Waals surface area (Å²) in [5.41, 5.74) is 1.83. The predicted octanol–water partition coefficient (Wildman–Crippen LogP) is 0.492. The zero-order valence-corrected chi connectivity index (χ0v) is 30.0. The van der Waals surface area contributed by atoms with Gasteiger partial charge in [-0.2, -0.15) is 0 Å². The Labute approximate surface area is 298 Å². The zero-order valence-electron chi connectivity index (χ0n) is 29.2. The molecule has 0 fully saturated rings. The van der Waals surface area contributed by atoms with Crippen LogP contribution in [0.3, 0.4) is 0 Å². The third-order valence-electron chi connectivity index (χ3n) is 8.17. The molecule has 3 aromatic rings. The van der Waals surface area contributed by atoms with Gasteiger partial charge in [-0.05, 0) is 57.7 Å². The maximum absolute atomic E-state index is 14.2. The first-order valence-electron chi connectivity index (χ1n) is 16.5. The molecule has 51 heavy (non-hydrogen) atoms. The van der Waals surface area contributed by atoms with E-state index in [4.69, 9.17) is 0 Å². The van der Waals surface area contributed by atoms with Gasteiger partial charge in [-0.15, -0.1) is 11.8 Å². The van der Waals surface area contributed by atoms with E-state index in [1.165, 1.54) is 19.9 Å². The first-order chi connectivity index (χ1) is 24.0. The number of fused-ring (bicyclic) bond motifs is 3. The van der Waals surface area contributed by atoms with E-state index in [1.54, 1.807) is 32.0 Å². The summed E-state index contributed by atoms with van der Waals surface area (Å²) in [5, 5.41) is 34.4. The highest BCUT2D eigenvalue weighted by atomic mass is 32.2. The SMILES string of the molecule is Cc1cc(C(=O)N[C@H]2Cc3c([nH]c4ccccc34)SC[C@@H](C(=O)O)NC(=O)[C@H]([C@@H](C)O)NC(=O)[C@@H](C)NC(=O)[C@H](CC(C)C)NC2=O)nc(C)n1. The summed E-state index contributed by atoms with van der Waals surface area (Å²) in [4.78, 5) is 91.7. The van der Waals surface area contributed by atoms with Crippen LogP contribution in [0.2, 0.25) is 0 Å². The topological polar surface area (TPSA) is 245 Å². The summed E-state index contributed by atoms with van der Waals surface area (Å²) in [6.45, 7) is 9.67. The van der Waals surface area contributed by atoms with Crippen LogP contribution in [-0.4, -0.2) is 103 Å². The maximum atomic E-state index is 14.2. The number of para-hydroxylation sites is 1. The second kappa shape index (κ2) is 16.8. The number of nitrogens with one attached hydrogen (secondary N) is 6. The number of thioether (sulfide) groups is 1. The van der Waals surface area contributed by atoms with Crippen LogP contribution in [-0.2, 0) is 30.4 Å². The molecular weight excluding hydrogens is 680 g/mol. The van der Waals surface area contributed by atoms with Gasteiger partial charge in [-0.3, -0.25) is 24.0 Å². The summed E-state index contributed by atoms with van der Waals surface area (Å²) in [6, 6.07) is 2.08. The molecule has 0 bridgehead atoms. The van der Waals surface area contributed by atoms with Crippen LogP contribution >= 0.6 is 11.8 Å². The molecule has 3 heterocycles. The number of carboxylic acids is 1. The second-order valence-corrected chi connectivity index (χ2v) is 14.0. The van der Waals surface area contributed by atoms with Gasteiger partial charge in [-0.25, -0.2) is 14.8 Å². The predicted molar refractivity (Wildman–Crippen MR) is 188 cm³/mol. The van der Waals surface area contributed by atoms with Gasteiger partial charge in [0.1, 0.15) is 41.7 Å². The third kappa shape index (κ3) is 10.0. The van der Waals surface area contributed by atoms with Crippen LogP contribution in [0.25, 0.3) is 10.9 Å². The number of aromatic nitrogens is 3. The summed E-state index contributed by atoms with van der Waals surface area (Å²) in [7, 11) is 0. The molecule has 16 nitrogen and oxygen atoms in total. The van der Waals surface area contributed by atoms with E-state index >= 15 is 0 Å². The van der Waals surface area contributed by atoms with Gasteiger partial charge in [0.25, 0.3) is 5.91 Å². The molecule has 2 aromatic heterocycles. The summed E-state index contributed by atoms with van der Waals surface area (Å²) >= 11 is 1.07. The van der Waals surface area contributed by atoms with Crippen LogP contribution in [0.1, 0.15) is 61.7 Å². The first-order valence-corrected chi connectivity index (χ1v) is 17.5. The van der Waals surface area contributed by atoms with E-state index in [1.807, 2.05) is 19.9 Å². The van der Waals surface area contributed by atoms with Crippen molar-refractivity contribution in [2.75, 3.05) is 5.75 Å². The number of H-pyrrole nitrogens is 1. The van der Waals surface area contributed by atoms with Gasteiger partial charge in [0, 0.05) is 28.8 Å². The number of hydrogen-bond acceptors (Lipinski definition) is 10. The Morgan fingerprint density at radius 1 is 0.961 bits per heavy atom. The lowest BCUT2D eigenvalue weighted by Crippen LogP contribution is -2.60. The lowest BCUT2D eigenvalue weighted by molar-refractivity contribution is -0.142. The number of carbonyl (C=O) groups excluding carboxylic acids is 5. The molecule has 274 valence electrons. The van der Waals surface area contributed by atoms with Crippen molar-refractivity contribution in [3.63, 3.8) is 0 Å². The summed E-state index contributed by atoms with van der Waals surface area (Å²) < 4.78 is 0. The fourth-order valence-electron chi connectivity index (χ4n) is 5.62. The average molecular weight is 725 g/mol. The summed E-state index contributed by atoms with van der Waals surface area (Å²) in [6.07, 6.45) is -1.32. The van der Waals surface area contributed by atoms with E-state index in [9.17, 15) is 39.0 Å². The van der Waals surface area contributed by atoms with E-state index < -0.39 is 71.8 Å². The van der Waals surface area contributed by atoms with Crippen LogP contribution < -0.4 is 26.6 Å². The molecule has 8 N–H and O–H groups in total. The maximum Gasteiger partial charge on any atom is 0.327 e. The molecule has 1 aliphatic rings. The van der Waals surface area contributed by atoms with Crippen molar-refractivity contribution in [3.05, 3.63) is 53.1 Å². The molecule has 5 amide bonds. The molecule has 0 spiro atoms. The van der Waals surface area contributed by atoms with Crippen LogP contribution in [0.15, 0.2) is 35.4 Å². The van der Waals surface area contributed by atoms with Crippen molar-refractivity contribution in [2.45, 2.75) is 95.7 Å². The number of hydrogen-bond donors (Lipinski definition) is 8. The molecule has 0 unspecified atom stereocenters. The van der Waals surface area contributed by atoms with Crippen molar-refractivity contribution in [2.24, 2.45) is 5.92 Å². The number of carbonyl (C=O) groups is 6. The Balaban J connectivity index is 1.82. The molecule has 1 aliphatic heterocycles. The molecular formula is C34H44N8O8S. The number of benzene rings is 1. The number of aromatic amines is 1. The van der Waals surface area contributed by atoms with Crippen molar-refractivity contribution in [3.8, 4) is 0 Å². The minimum atomic E-state index is -1.54. The van der Waals surface area contributed by atoms with Gasteiger partial charge in [-0.1, -0.05) is 32.0 Å². The van der Waals surface area contributed by atoms with Crippen LogP contribution in [0.5, 0.6) is 0 Å². The number of carboxylic acid groups (broad SMARTS) is 1. The fraction of sp³-hybridized carbons (Fsp3) is 0.471. The van der Waals surface area contributed by atoms with Gasteiger partial charge in [0.05, 0.1) is 11.1 Å². The van der Waals surface area contributed by atoms with Crippen molar-refractivity contribution < 1.29 is 39.0 Å². The molecule has 0 saturated heterocycles. The Hall–Kier alpha value is -5.03. The normalized spacial score (nSPS) is 23.2. The zero-order chi connectivity index (χ0) is 37.6. The molecule has 6 atom stereocenters. The van der Waals surface area contributed by atoms with E-state index in [0.717, 1.165) is 11.8 Å². The van der Waals surface area contributed by atoms with Gasteiger partial charge in [0.15, 0.2) is 0 Å².